The van der Waals surface area contributed by atoms with Gasteiger partial charge in [0.05, 0.1) is 6.10 Å². The van der Waals surface area contributed by atoms with Gasteiger partial charge in [-0.25, -0.2) is 0 Å². The number of hydrogen-bond donors (Lipinski definition) is 1. The SMILES string of the molecule is CC(C)(C)N1CCCC1c1ccccc1N1CCC(O)CC1. The normalized spacial score (nSPS) is 24.9. The van der Waals surface area contributed by atoms with E-state index in [1.165, 1.54) is 30.6 Å². The molecule has 3 rings (SSSR count). The zero-order valence-electron chi connectivity index (χ0n) is 14.3. The summed E-state index contributed by atoms with van der Waals surface area (Å²) in [7, 11) is 0. The molecule has 1 aromatic carbocycles. The van der Waals surface area contributed by atoms with Gasteiger partial charge in [0.2, 0.25) is 0 Å². The van der Waals surface area contributed by atoms with Crippen LogP contribution in [0.25, 0.3) is 0 Å². The van der Waals surface area contributed by atoms with Crippen molar-refractivity contribution in [2.45, 2.75) is 64.1 Å². The number of hydrogen-bond acceptors (Lipinski definition) is 3. The van der Waals surface area contributed by atoms with Gasteiger partial charge in [0.25, 0.3) is 0 Å². The molecule has 0 amide bonds. The monoisotopic (exact) mass is 302 g/mol. The summed E-state index contributed by atoms with van der Waals surface area (Å²) >= 11 is 0. The minimum Gasteiger partial charge on any atom is -0.393 e. The van der Waals surface area contributed by atoms with Gasteiger partial charge in [0.15, 0.2) is 0 Å². The van der Waals surface area contributed by atoms with Gasteiger partial charge >= 0.3 is 0 Å². The molecule has 2 aliphatic heterocycles. The first-order valence-electron chi connectivity index (χ1n) is 8.75. The van der Waals surface area contributed by atoms with Crippen molar-refractivity contribution in [3.63, 3.8) is 0 Å². The number of rotatable bonds is 2. The van der Waals surface area contributed by atoms with Crippen molar-refractivity contribution in [3.05, 3.63) is 29.8 Å². The third-order valence-corrected chi connectivity index (χ3v) is 5.22. The van der Waals surface area contributed by atoms with Gasteiger partial charge in [-0.2, -0.15) is 0 Å². The first-order chi connectivity index (χ1) is 10.5. The van der Waals surface area contributed by atoms with Crippen molar-refractivity contribution in [2.75, 3.05) is 24.5 Å². The fraction of sp³-hybridized carbons (Fsp3) is 0.684. The average molecular weight is 302 g/mol. The molecule has 122 valence electrons. The molecule has 1 unspecified atom stereocenters. The van der Waals surface area contributed by atoms with Gasteiger partial charge in [0.1, 0.15) is 0 Å². The second-order valence-corrected chi connectivity index (χ2v) is 7.80. The number of aliphatic hydroxyl groups excluding tert-OH is 1. The molecule has 1 aromatic rings. The van der Waals surface area contributed by atoms with Crippen LogP contribution in [0.5, 0.6) is 0 Å². The average Bonchev–Trinajstić information content (AvgIpc) is 2.97. The lowest BCUT2D eigenvalue weighted by Gasteiger charge is -2.40. The first-order valence-corrected chi connectivity index (χ1v) is 8.75. The maximum absolute atomic E-state index is 9.77. The van der Waals surface area contributed by atoms with Crippen molar-refractivity contribution in [3.8, 4) is 0 Å². The molecule has 2 saturated heterocycles. The Morgan fingerprint density at radius 1 is 1.00 bits per heavy atom. The third-order valence-electron chi connectivity index (χ3n) is 5.22. The number of piperidine rings is 1. The standard InChI is InChI=1S/C19H30N2O/c1-19(2,3)21-12-6-9-18(21)16-7-4-5-8-17(16)20-13-10-15(22)11-14-20/h4-5,7-8,15,18,22H,6,9-14H2,1-3H3. The molecule has 0 bridgehead atoms. The zero-order chi connectivity index (χ0) is 15.7. The van der Waals surface area contributed by atoms with Crippen LogP contribution in [0.1, 0.15) is 58.1 Å². The highest BCUT2D eigenvalue weighted by atomic mass is 16.3. The second kappa shape index (κ2) is 6.21. The van der Waals surface area contributed by atoms with Crippen molar-refractivity contribution in [1.82, 2.24) is 4.90 Å². The van der Waals surface area contributed by atoms with Crippen LogP contribution in [0.4, 0.5) is 5.69 Å². The zero-order valence-corrected chi connectivity index (χ0v) is 14.3. The van der Waals surface area contributed by atoms with E-state index in [0.717, 1.165) is 25.9 Å². The Hall–Kier alpha value is -1.06. The van der Waals surface area contributed by atoms with E-state index in [9.17, 15) is 5.11 Å². The lowest BCUT2D eigenvalue weighted by molar-refractivity contribution is 0.121. The number of anilines is 1. The van der Waals surface area contributed by atoms with Crippen LogP contribution >= 0.6 is 0 Å². The summed E-state index contributed by atoms with van der Waals surface area (Å²) in [6.45, 7) is 10.1. The maximum Gasteiger partial charge on any atom is 0.0574 e. The van der Waals surface area contributed by atoms with Gasteiger partial charge in [-0.05, 0) is 64.6 Å². The van der Waals surface area contributed by atoms with Crippen LogP contribution in [-0.2, 0) is 0 Å². The van der Waals surface area contributed by atoms with Crippen molar-refractivity contribution in [1.29, 1.82) is 0 Å². The summed E-state index contributed by atoms with van der Waals surface area (Å²) in [5, 5.41) is 9.77. The lowest BCUT2D eigenvalue weighted by Crippen LogP contribution is -2.41. The van der Waals surface area contributed by atoms with Crippen LogP contribution < -0.4 is 4.90 Å². The van der Waals surface area contributed by atoms with Crippen LogP contribution in [0.3, 0.4) is 0 Å². The predicted octanol–water partition coefficient (Wildman–Crippen LogP) is 3.58. The molecule has 22 heavy (non-hydrogen) atoms. The fourth-order valence-electron chi connectivity index (χ4n) is 4.06. The van der Waals surface area contributed by atoms with Crippen molar-refractivity contribution < 1.29 is 5.11 Å². The molecule has 1 atom stereocenters. The number of nitrogens with zero attached hydrogens (tertiary/aromatic N) is 2. The Morgan fingerprint density at radius 2 is 1.68 bits per heavy atom. The molecule has 2 fully saturated rings. The van der Waals surface area contributed by atoms with Crippen LogP contribution in [0.15, 0.2) is 24.3 Å². The van der Waals surface area contributed by atoms with E-state index in [1.54, 1.807) is 0 Å². The molecule has 2 heterocycles. The molecule has 1 N–H and O–H groups in total. The highest BCUT2D eigenvalue weighted by Crippen LogP contribution is 2.41. The maximum atomic E-state index is 9.77. The minimum absolute atomic E-state index is 0.110. The Labute approximate surface area is 134 Å². The molecule has 0 radical (unpaired) electrons. The van der Waals surface area contributed by atoms with Crippen molar-refractivity contribution in [2.24, 2.45) is 0 Å². The van der Waals surface area contributed by atoms with E-state index in [4.69, 9.17) is 0 Å². The summed E-state index contributed by atoms with van der Waals surface area (Å²) in [6.07, 6.45) is 4.21. The molecule has 0 saturated carbocycles. The van der Waals surface area contributed by atoms with E-state index < -0.39 is 0 Å². The predicted molar refractivity (Wildman–Crippen MR) is 92.3 cm³/mol. The number of likely N-dealkylation sites (tertiary alicyclic amines) is 1. The number of benzene rings is 1. The molecule has 0 spiro atoms. The largest absolute Gasteiger partial charge is 0.393 e. The number of para-hydroxylation sites is 1. The molecular formula is C19H30N2O. The van der Waals surface area contributed by atoms with E-state index >= 15 is 0 Å². The van der Waals surface area contributed by atoms with Crippen LogP contribution in [0, 0.1) is 0 Å². The Morgan fingerprint density at radius 3 is 2.36 bits per heavy atom. The van der Waals surface area contributed by atoms with E-state index in [-0.39, 0.29) is 11.6 Å². The third kappa shape index (κ3) is 3.16. The highest BCUT2D eigenvalue weighted by Gasteiger charge is 2.35. The van der Waals surface area contributed by atoms with Gasteiger partial charge in [-0.1, -0.05) is 18.2 Å². The molecule has 3 heteroatoms. The Bertz CT molecular complexity index is 500. The van der Waals surface area contributed by atoms with E-state index in [0.29, 0.717) is 6.04 Å². The summed E-state index contributed by atoms with van der Waals surface area (Å²) < 4.78 is 0. The first kappa shape index (κ1) is 15.8. The smallest absolute Gasteiger partial charge is 0.0574 e. The summed E-state index contributed by atoms with van der Waals surface area (Å²) in [5.41, 5.74) is 3.08. The van der Waals surface area contributed by atoms with Crippen LogP contribution in [-0.4, -0.2) is 41.3 Å². The summed E-state index contributed by atoms with van der Waals surface area (Å²) in [6, 6.07) is 9.45. The van der Waals surface area contributed by atoms with E-state index in [1.807, 2.05) is 0 Å². The summed E-state index contributed by atoms with van der Waals surface area (Å²) in [4.78, 5) is 5.13. The molecule has 3 nitrogen and oxygen atoms in total. The molecule has 0 aromatic heterocycles. The quantitative estimate of drug-likeness (QED) is 0.904. The molecule has 0 aliphatic carbocycles. The van der Waals surface area contributed by atoms with E-state index in [2.05, 4.69) is 54.8 Å². The van der Waals surface area contributed by atoms with Gasteiger partial charge in [-0.15, -0.1) is 0 Å². The Kier molecular flexibility index (Phi) is 4.47. The second-order valence-electron chi connectivity index (χ2n) is 7.80. The molecule has 2 aliphatic rings. The molecular weight excluding hydrogens is 272 g/mol. The number of aliphatic hydroxyl groups is 1. The van der Waals surface area contributed by atoms with Crippen molar-refractivity contribution >= 4 is 5.69 Å². The minimum atomic E-state index is -0.110. The Balaban J connectivity index is 1.88. The highest BCUT2D eigenvalue weighted by molar-refractivity contribution is 5.55. The topological polar surface area (TPSA) is 26.7 Å². The van der Waals surface area contributed by atoms with Gasteiger partial charge in [-0.3, -0.25) is 4.90 Å². The fourth-order valence-corrected chi connectivity index (χ4v) is 4.06. The van der Waals surface area contributed by atoms with Gasteiger partial charge < -0.3 is 10.0 Å². The summed E-state index contributed by atoms with van der Waals surface area (Å²) in [5.74, 6) is 0. The van der Waals surface area contributed by atoms with Crippen LogP contribution in [0.2, 0.25) is 0 Å². The van der Waals surface area contributed by atoms with Gasteiger partial charge in [0, 0.05) is 30.4 Å². The lowest BCUT2D eigenvalue weighted by atomic mass is 9.96.